The van der Waals surface area contributed by atoms with Crippen LogP contribution in [0.5, 0.6) is 5.75 Å². The van der Waals surface area contributed by atoms with Crippen molar-refractivity contribution in [3.63, 3.8) is 0 Å². The van der Waals surface area contributed by atoms with Crippen LogP contribution in [0.3, 0.4) is 0 Å². The summed E-state index contributed by atoms with van der Waals surface area (Å²) in [7, 11) is 0. The minimum atomic E-state index is -0.169. The molecular formula is C19H15BrClNO2S2. The van der Waals surface area contributed by atoms with Crippen molar-refractivity contribution in [2.24, 2.45) is 0 Å². The molecule has 0 aromatic heterocycles. The third-order valence-corrected chi connectivity index (χ3v) is 6.06. The normalized spacial score (nSPS) is 16.0. The molecule has 26 heavy (non-hydrogen) atoms. The Hall–Kier alpha value is -1.34. The summed E-state index contributed by atoms with van der Waals surface area (Å²) in [5.74, 6) is 0.567. The van der Waals surface area contributed by atoms with E-state index in [0.717, 1.165) is 15.8 Å². The molecule has 0 N–H and O–H groups in total. The fourth-order valence-electron chi connectivity index (χ4n) is 2.42. The second-order valence-electron chi connectivity index (χ2n) is 5.82. The van der Waals surface area contributed by atoms with Crippen LogP contribution in [0.25, 0.3) is 6.08 Å². The Balaban J connectivity index is 1.94. The van der Waals surface area contributed by atoms with E-state index in [2.05, 4.69) is 15.9 Å². The molecule has 3 nitrogen and oxygen atoms in total. The minimum absolute atomic E-state index is 0.0453. The summed E-state index contributed by atoms with van der Waals surface area (Å²) in [4.78, 5) is 15.0. The van der Waals surface area contributed by atoms with Crippen molar-refractivity contribution < 1.29 is 9.53 Å². The molecule has 1 heterocycles. The van der Waals surface area contributed by atoms with E-state index in [1.165, 1.54) is 16.7 Å². The predicted octanol–water partition coefficient (Wildman–Crippen LogP) is 6.30. The summed E-state index contributed by atoms with van der Waals surface area (Å²) in [6.45, 7) is 3.93. The third-order valence-electron chi connectivity index (χ3n) is 3.52. The molecule has 0 saturated carbocycles. The first kappa shape index (κ1) is 19.4. The second kappa shape index (κ2) is 8.13. The van der Waals surface area contributed by atoms with Gasteiger partial charge in [0.15, 0.2) is 4.32 Å². The lowest BCUT2D eigenvalue weighted by molar-refractivity contribution is -0.113. The Morgan fingerprint density at radius 1 is 1.27 bits per heavy atom. The van der Waals surface area contributed by atoms with Crippen LogP contribution >= 0.6 is 51.5 Å². The van der Waals surface area contributed by atoms with E-state index in [1.807, 2.05) is 44.2 Å². The highest BCUT2D eigenvalue weighted by Gasteiger charge is 2.33. The zero-order valence-corrected chi connectivity index (χ0v) is 18.0. The molecule has 2 aromatic carbocycles. The molecule has 7 heteroatoms. The van der Waals surface area contributed by atoms with Crippen LogP contribution in [0.1, 0.15) is 19.4 Å². The van der Waals surface area contributed by atoms with Gasteiger partial charge in [-0.3, -0.25) is 9.69 Å². The van der Waals surface area contributed by atoms with Crippen molar-refractivity contribution in [2.75, 3.05) is 4.90 Å². The van der Waals surface area contributed by atoms with Crippen molar-refractivity contribution >= 4 is 73.5 Å². The van der Waals surface area contributed by atoms with Gasteiger partial charge in [0.2, 0.25) is 0 Å². The molecule has 0 radical (unpaired) electrons. The number of hydrogen-bond donors (Lipinski definition) is 0. The van der Waals surface area contributed by atoms with Crippen LogP contribution in [0.15, 0.2) is 51.8 Å². The van der Waals surface area contributed by atoms with E-state index in [0.29, 0.717) is 19.9 Å². The fraction of sp³-hybridized carbons (Fsp3) is 0.158. The number of hydrogen-bond acceptors (Lipinski definition) is 4. The van der Waals surface area contributed by atoms with E-state index >= 15 is 0 Å². The van der Waals surface area contributed by atoms with Crippen LogP contribution in [0, 0.1) is 0 Å². The first-order chi connectivity index (χ1) is 12.4. The minimum Gasteiger partial charge on any atom is -0.490 e. The van der Waals surface area contributed by atoms with Crippen LogP contribution in [0.4, 0.5) is 5.69 Å². The first-order valence-corrected chi connectivity index (χ1v) is 10.2. The molecule has 1 fully saturated rings. The van der Waals surface area contributed by atoms with E-state index < -0.39 is 0 Å². The smallest absolute Gasteiger partial charge is 0.270 e. The largest absolute Gasteiger partial charge is 0.490 e. The van der Waals surface area contributed by atoms with Gasteiger partial charge in [-0.25, -0.2) is 0 Å². The summed E-state index contributed by atoms with van der Waals surface area (Å²) in [6, 6.07) is 12.9. The zero-order valence-electron chi connectivity index (χ0n) is 14.0. The van der Waals surface area contributed by atoms with Gasteiger partial charge in [0.05, 0.1) is 21.7 Å². The molecule has 0 atom stereocenters. The lowest BCUT2D eigenvalue weighted by Gasteiger charge is -2.15. The molecule has 1 saturated heterocycles. The SMILES string of the molecule is CC(C)Oc1ccccc1/C=C1\SC(=S)N(c2ccc(Br)c(Cl)c2)C1=O. The van der Waals surface area contributed by atoms with Gasteiger partial charge in [0.1, 0.15) is 5.75 Å². The van der Waals surface area contributed by atoms with Crippen molar-refractivity contribution in [2.45, 2.75) is 20.0 Å². The molecule has 0 aliphatic carbocycles. The predicted molar refractivity (Wildman–Crippen MR) is 117 cm³/mol. The highest BCUT2D eigenvalue weighted by Crippen LogP contribution is 2.38. The van der Waals surface area contributed by atoms with Crippen molar-refractivity contribution in [3.05, 3.63) is 62.4 Å². The van der Waals surface area contributed by atoms with Crippen LogP contribution in [-0.2, 0) is 4.79 Å². The average Bonchev–Trinajstić information content (AvgIpc) is 2.85. The van der Waals surface area contributed by atoms with E-state index in [4.69, 9.17) is 28.6 Å². The monoisotopic (exact) mass is 467 g/mol. The molecule has 0 bridgehead atoms. The van der Waals surface area contributed by atoms with E-state index in [-0.39, 0.29) is 12.0 Å². The molecule has 1 aliphatic rings. The Labute approximate surface area is 175 Å². The van der Waals surface area contributed by atoms with Crippen LogP contribution in [-0.4, -0.2) is 16.3 Å². The quantitative estimate of drug-likeness (QED) is 0.389. The van der Waals surface area contributed by atoms with Gasteiger partial charge >= 0.3 is 0 Å². The first-order valence-electron chi connectivity index (χ1n) is 7.85. The Kier molecular flexibility index (Phi) is 6.07. The number of carbonyl (C=O) groups excluding carboxylic acids is 1. The lowest BCUT2D eigenvalue weighted by Crippen LogP contribution is -2.27. The Morgan fingerprint density at radius 3 is 2.69 bits per heavy atom. The maximum Gasteiger partial charge on any atom is 0.270 e. The summed E-state index contributed by atoms with van der Waals surface area (Å²) in [5, 5.41) is 0.524. The number of thiocarbonyl (C=S) groups is 1. The zero-order chi connectivity index (χ0) is 18.8. The molecule has 1 amide bonds. The number of anilines is 1. The second-order valence-corrected chi connectivity index (χ2v) is 8.76. The number of carbonyl (C=O) groups is 1. The molecular weight excluding hydrogens is 454 g/mol. The maximum absolute atomic E-state index is 12.9. The topological polar surface area (TPSA) is 29.5 Å². The number of halogens is 2. The summed E-state index contributed by atoms with van der Waals surface area (Å²) >= 11 is 16.2. The number of benzene rings is 2. The van der Waals surface area contributed by atoms with Gasteiger partial charge < -0.3 is 4.74 Å². The summed E-state index contributed by atoms with van der Waals surface area (Å²) in [6.07, 6.45) is 1.86. The molecule has 1 aliphatic heterocycles. The molecule has 0 spiro atoms. The number of para-hydroxylation sites is 1. The molecule has 0 unspecified atom stereocenters. The van der Waals surface area contributed by atoms with Gasteiger partial charge in [0, 0.05) is 10.0 Å². The third kappa shape index (κ3) is 4.14. The van der Waals surface area contributed by atoms with Crippen molar-refractivity contribution in [1.82, 2.24) is 0 Å². The number of ether oxygens (including phenoxy) is 1. The van der Waals surface area contributed by atoms with Crippen LogP contribution < -0.4 is 9.64 Å². The molecule has 2 aromatic rings. The molecule has 3 rings (SSSR count). The number of thioether (sulfide) groups is 1. The molecule has 134 valence electrons. The van der Waals surface area contributed by atoms with Gasteiger partial charge in [0.25, 0.3) is 5.91 Å². The Morgan fingerprint density at radius 2 is 2.00 bits per heavy atom. The number of nitrogens with zero attached hydrogens (tertiary/aromatic N) is 1. The highest BCUT2D eigenvalue weighted by atomic mass is 79.9. The number of rotatable bonds is 4. The lowest BCUT2D eigenvalue weighted by atomic mass is 10.1. The summed E-state index contributed by atoms with van der Waals surface area (Å²) < 4.78 is 7.07. The van der Waals surface area contributed by atoms with Gasteiger partial charge in [-0.1, -0.05) is 53.8 Å². The van der Waals surface area contributed by atoms with Gasteiger partial charge in [-0.15, -0.1) is 0 Å². The van der Waals surface area contributed by atoms with Crippen molar-refractivity contribution in [1.29, 1.82) is 0 Å². The van der Waals surface area contributed by atoms with Crippen molar-refractivity contribution in [3.8, 4) is 5.75 Å². The summed E-state index contributed by atoms with van der Waals surface area (Å²) in [5.41, 5.74) is 1.49. The fourth-order valence-corrected chi connectivity index (χ4v) is 4.13. The Bertz CT molecular complexity index is 914. The van der Waals surface area contributed by atoms with Crippen LogP contribution in [0.2, 0.25) is 5.02 Å². The van der Waals surface area contributed by atoms with E-state index in [1.54, 1.807) is 18.2 Å². The highest BCUT2D eigenvalue weighted by molar-refractivity contribution is 9.10. The number of amides is 1. The van der Waals surface area contributed by atoms with Gasteiger partial charge in [-0.2, -0.15) is 0 Å². The standard InChI is InChI=1S/C19H15BrClNO2S2/c1-11(2)24-16-6-4-3-5-12(16)9-17-18(23)22(19(25)26-17)13-7-8-14(20)15(21)10-13/h3-11H,1-2H3/b17-9-. The van der Waals surface area contributed by atoms with Gasteiger partial charge in [-0.05, 0) is 60.1 Å². The maximum atomic E-state index is 12.9. The van der Waals surface area contributed by atoms with E-state index in [9.17, 15) is 4.79 Å². The average molecular weight is 469 g/mol.